The van der Waals surface area contributed by atoms with Crippen molar-refractivity contribution in [2.75, 3.05) is 0 Å². The van der Waals surface area contributed by atoms with E-state index in [1.807, 2.05) is 18.2 Å². The number of hydrogen-bond acceptors (Lipinski definition) is 2. The third-order valence-electron chi connectivity index (χ3n) is 11.9. The molecule has 1 N–H and O–H groups in total. The van der Waals surface area contributed by atoms with Crippen LogP contribution >= 0.6 is 0 Å². The zero-order valence-corrected chi connectivity index (χ0v) is 31.9. The minimum absolute atomic E-state index is 0.204. The van der Waals surface area contributed by atoms with E-state index in [0.29, 0.717) is 0 Å². The summed E-state index contributed by atoms with van der Waals surface area (Å²) in [7, 11) is 2.20. The first-order valence-corrected chi connectivity index (χ1v) is 20.0. The Morgan fingerprint density at radius 3 is 1.49 bits per heavy atom. The molecule has 4 nitrogen and oxygen atoms in total. The summed E-state index contributed by atoms with van der Waals surface area (Å²) in [4.78, 5) is 0. The van der Waals surface area contributed by atoms with Gasteiger partial charge in [0.25, 0.3) is 0 Å². The number of fused-ring (bicyclic) bond motifs is 8. The molecular formula is C54H34BN2O2. The molecule has 3 heterocycles. The number of phenols is 1. The van der Waals surface area contributed by atoms with Crippen LogP contribution in [0.2, 0.25) is 0 Å². The maximum atomic E-state index is 12.0. The zero-order chi connectivity index (χ0) is 39.0. The van der Waals surface area contributed by atoms with Crippen molar-refractivity contribution < 1.29 is 9.84 Å². The molecule has 275 valence electrons. The summed E-state index contributed by atoms with van der Waals surface area (Å²) in [5.41, 5.74) is 14.3. The third-order valence-corrected chi connectivity index (χ3v) is 11.9. The summed E-state index contributed by atoms with van der Waals surface area (Å²) >= 11 is 0. The number of hydrogen-bond donors (Lipinski definition) is 1. The molecule has 1 aliphatic heterocycles. The quantitative estimate of drug-likeness (QED) is 0.178. The Morgan fingerprint density at radius 2 is 0.881 bits per heavy atom. The topological polar surface area (TPSA) is 39.3 Å². The Balaban J connectivity index is 1.03. The van der Waals surface area contributed by atoms with E-state index in [-0.39, 0.29) is 5.75 Å². The fourth-order valence-corrected chi connectivity index (χ4v) is 9.19. The number of nitrogens with zero attached hydrogens (tertiary/aromatic N) is 2. The summed E-state index contributed by atoms with van der Waals surface area (Å²) < 4.78 is 11.6. The van der Waals surface area contributed by atoms with Crippen LogP contribution < -0.4 is 15.7 Å². The molecule has 9 aromatic carbocycles. The van der Waals surface area contributed by atoms with E-state index in [9.17, 15) is 5.11 Å². The predicted octanol–water partition coefficient (Wildman–Crippen LogP) is 12.3. The second kappa shape index (κ2) is 13.2. The van der Waals surface area contributed by atoms with Crippen LogP contribution in [0.5, 0.6) is 17.2 Å². The van der Waals surface area contributed by atoms with Crippen LogP contribution in [0.4, 0.5) is 0 Å². The van der Waals surface area contributed by atoms with Crippen molar-refractivity contribution >= 4 is 61.8 Å². The van der Waals surface area contributed by atoms with Crippen LogP contribution in [0.25, 0.3) is 88.4 Å². The minimum atomic E-state index is 0.204. The van der Waals surface area contributed by atoms with Gasteiger partial charge in [0.2, 0.25) is 7.28 Å². The number of ether oxygens (including phenoxy) is 1. The van der Waals surface area contributed by atoms with Gasteiger partial charge >= 0.3 is 0 Å². The van der Waals surface area contributed by atoms with Crippen molar-refractivity contribution in [3.63, 3.8) is 0 Å². The van der Waals surface area contributed by atoms with E-state index in [0.717, 1.165) is 89.2 Å². The Labute approximate surface area is 341 Å². The van der Waals surface area contributed by atoms with Crippen molar-refractivity contribution in [3.8, 4) is 62.0 Å². The van der Waals surface area contributed by atoms with Gasteiger partial charge in [0, 0.05) is 44.9 Å². The van der Waals surface area contributed by atoms with Crippen molar-refractivity contribution in [2.24, 2.45) is 0 Å². The number of aromatic nitrogens is 2. The average molecular weight is 754 g/mol. The van der Waals surface area contributed by atoms with Gasteiger partial charge < -0.3 is 19.0 Å². The lowest BCUT2D eigenvalue weighted by Gasteiger charge is -2.25. The third kappa shape index (κ3) is 5.32. The van der Waals surface area contributed by atoms with Gasteiger partial charge in [-0.1, -0.05) is 140 Å². The molecule has 0 aliphatic carbocycles. The van der Waals surface area contributed by atoms with E-state index in [4.69, 9.17) is 4.74 Å². The highest BCUT2D eigenvalue weighted by Gasteiger charge is 2.26. The van der Waals surface area contributed by atoms with Gasteiger partial charge in [-0.3, -0.25) is 0 Å². The number of phenolic OH excluding ortho intramolecular Hbond substituents is 1. The molecule has 0 saturated carbocycles. The lowest BCUT2D eigenvalue weighted by molar-refractivity contribution is 0.477. The molecule has 0 amide bonds. The molecule has 0 fully saturated rings. The molecule has 0 unspecified atom stereocenters. The molecule has 11 aromatic rings. The van der Waals surface area contributed by atoms with E-state index in [1.54, 1.807) is 0 Å². The normalized spacial score (nSPS) is 12.1. The smallest absolute Gasteiger partial charge is 0.202 e. The van der Waals surface area contributed by atoms with Crippen LogP contribution in [-0.4, -0.2) is 21.5 Å². The Bertz CT molecular complexity index is 3360. The highest BCUT2D eigenvalue weighted by molar-refractivity contribution is 6.71. The Morgan fingerprint density at radius 1 is 0.373 bits per heavy atom. The van der Waals surface area contributed by atoms with Crippen molar-refractivity contribution in [3.05, 3.63) is 200 Å². The highest BCUT2D eigenvalue weighted by atomic mass is 16.5. The van der Waals surface area contributed by atoms with E-state index < -0.39 is 0 Å². The molecule has 0 spiro atoms. The van der Waals surface area contributed by atoms with Crippen LogP contribution in [0.15, 0.2) is 200 Å². The standard InChI is InChI=1S/C54H34BN2O2/c58-51-30-37(36-16-12-15-35(29-36)34-13-2-1-3-14-34)25-27-44(51)45-31-39(57-49-23-10-6-19-42(49)43-20-7-11-24-50(43)57)33-53-54(45)55-46-28-26-38(32-52(46)59-53)56-47-21-8-4-17-40(47)41-18-5-9-22-48(41)56/h1-33,58H. The fraction of sp³-hybridized carbons (Fsp3) is 0. The van der Waals surface area contributed by atoms with E-state index in [1.165, 1.54) is 21.5 Å². The van der Waals surface area contributed by atoms with Gasteiger partial charge in [0.1, 0.15) is 17.2 Å². The molecule has 1 radical (unpaired) electrons. The molecule has 0 saturated heterocycles. The summed E-state index contributed by atoms with van der Waals surface area (Å²) in [6.45, 7) is 0. The van der Waals surface area contributed by atoms with Gasteiger partial charge in [-0.05, 0) is 87.3 Å². The molecule has 1 aliphatic rings. The second-order valence-corrected chi connectivity index (χ2v) is 15.3. The molecular weight excluding hydrogens is 719 g/mol. The average Bonchev–Trinajstić information content (AvgIpc) is 3.81. The van der Waals surface area contributed by atoms with Gasteiger partial charge in [-0.25, -0.2) is 0 Å². The van der Waals surface area contributed by atoms with Crippen LogP contribution in [0.3, 0.4) is 0 Å². The molecule has 0 atom stereocenters. The molecule has 0 bridgehead atoms. The monoisotopic (exact) mass is 753 g/mol. The first-order chi connectivity index (χ1) is 29.2. The number of benzene rings is 9. The molecule has 59 heavy (non-hydrogen) atoms. The summed E-state index contributed by atoms with van der Waals surface area (Å²) in [5.74, 6) is 1.71. The molecule has 12 rings (SSSR count). The second-order valence-electron chi connectivity index (χ2n) is 15.3. The number of para-hydroxylation sites is 4. The number of aromatic hydroxyl groups is 1. The largest absolute Gasteiger partial charge is 0.507 e. The predicted molar refractivity (Wildman–Crippen MR) is 245 cm³/mol. The van der Waals surface area contributed by atoms with E-state index >= 15 is 0 Å². The van der Waals surface area contributed by atoms with Crippen LogP contribution in [0.1, 0.15) is 0 Å². The van der Waals surface area contributed by atoms with Crippen molar-refractivity contribution in [1.82, 2.24) is 9.13 Å². The first-order valence-electron chi connectivity index (χ1n) is 20.0. The summed E-state index contributed by atoms with van der Waals surface area (Å²) in [6.07, 6.45) is 0. The van der Waals surface area contributed by atoms with Crippen molar-refractivity contribution in [2.45, 2.75) is 0 Å². The maximum Gasteiger partial charge on any atom is 0.202 e. The maximum absolute atomic E-state index is 12.0. The summed E-state index contributed by atoms with van der Waals surface area (Å²) in [6, 6.07) is 69.9. The summed E-state index contributed by atoms with van der Waals surface area (Å²) in [5, 5.41) is 16.8. The van der Waals surface area contributed by atoms with E-state index in [2.05, 4.69) is 198 Å². The van der Waals surface area contributed by atoms with Gasteiger partial charge in [0.05, 0.1) is 27.8 Å². The SMILES string of the molecule is Oc1cc(-c2cccc(-c3ccccc3)c2)ccc1-c1cc(-n2c3ccccc3c3ccccc32)cc2c1[B]c1ccc(-n3c4ccccc4c4ccccc43)cc1O2. The Kier molecular flexibility index (Phi) is 7.44. The lowest BCUT2D eigenvalue weighted by atomic mass is 9.59. The molecule has 5 heteroatoms. The first kappa shape index (κ1) is 33.4. The van der Waals surface area contributed by atoms with Crippen LogP contribution in [-0.2, 0) is 0 Å². The van der Waals surface area contributed by atoms with Crippen molar-refractivity contribution in [1.29, 1.82) is 0 Å². The minimum Gasteiger partial charge on any atom is -0.507 e. The van der Waals surface area contributed by atoms with Crippen LogP contribution in [0, 0.1) is 0 Å². The highest BCUT2D eigenvalue weighted by Crippen LogP contribution is 2.41. The molecule has 2 aromatic heterocycles. The Hall–Kier alpha value is -7.76. The van der Waals surface area contributed by atoms with Gasteiger partial charge in [-0.15, -0.1) is 0 Å². The number of rotatable bonds is 5. The lowest BCUT2D eigenvalue weighted by Crippen LogP contribution is -2.35. The fourth-order valence-electron chi connectivity index (χ4n) is 9.19. The van der Waals surface area contributed by atoms with Gasteiger partial charge in [-0.2, -0.15) is 0 Å². The van der Waals surface area contributed by atoms with Gasteiger partial charge in [0.15, 0.2) is 0 Å². The zero-order valence-electron chi connectivity index (χ0n) is 31.9.